The van der Waals surface area contributed by atoms with Crippen molar-refractivity contribution in [2.24, 2.45) is 0 Å². The lowest BCUT2D eigenvalue weighted by atomic mass is 10.1. The molecule has 0 saturated heterocycles. The molecule has 0 bridgehead atoms. The second-order valence-electron chi connectivity index (χ2n) is 4.23. The summed E-state index contributed by atoms with van der Waals surface area (Å²) in [6.07, 6.45) is 1.78. The van der Waals surface area contributed by atoms with Gasteiger partial charge in [0.15, 0.2) is 0 Å². The van der Waals surface area contributed by atoms with Crippen molar-refractivity contribution in [2.75, 3.05) is 5.32 Å². The van der Waals surface area contributed by atoms with Gasteiger partial charge in [0.2, 0.25) is 0 Å². The van der Waals surface area contributed by atoms with E-state index >= 15 is 0 Å². The predicted molar refractivity (Wildman–Crippen MR) is 75.1 cm³/mol. The van der Waals surface area contributed by atoms with E-state index in [9.17, 15) is 4.39 Å². The number of anilines is 1. The molecule has 0 aliphatic rings. The predicted octanol–water partition coefficient (Wildman–Crippen LogP) is 4.46. The smallest absolute Gasteiger partial charge is 0.140 e. The summed E-state index contributed by atoms with van der Waals surface area (Å²) in [5.74, 6) is 0.511. The number of aryl methyl sites for hydroxylation is 1. The van der Waals surface area contributed by atoms with E-state index in [1.807, 2.05) is 26.0 Å². The number of hydrogen-bond donors (Lipinski definition) is 1. The van der Waals surface area contributed by atoms with Crippen LogP contribution in [-0.4, -0.2) is 4.98 Å². The second kappa shape index (κ2) is 5.48. The Balaban J connectivity index is 2.21. The maximum atomic E-state index is 13.6. The van der Waals surface area contributed by atoms with Crippen molar-refractivity contribution in [1.82, 2.24) is 4.98 Å². The van der Waals surface area contributed by atoms with Crippen molar-refractivity contribution in [2.45, 2.75) is 19.9 Å². The molecule has 1 unspecified atom stereocenters. The van der Waals surface area contributed by atoms with Crippen molar-refractivity contribution in [1.29, 1.82) is 0 Å². The minimum atomic E-state index is -0.208. The van der Waals surface area contributed by atoms with Gasteiger partial charge in [0, 0.05) is 11.8 Å². The summed E-state index contributed by atoms with van der Waals surface area (Å²) in [6.45, 7) is 3.88. The Bertz CT molecular complexity index is 557. The molecule has 2 aromatic rings. The maximum absolute atomic E-state index is 13.6. The van der Waals surface area contributed by atoms with Gasteiger partial charge in [0.1, 0.15) is 11.6 Å². The van der Waals surface area contributed by atoms with Crippen LogP contribution in [-0.2, 0) is 0 Å². The number of aromatic nitrogens is 1. The van der Waals surface area contributed by atoms with Gasteiger partial charge in [-0.15, -0.1) is 0 Å². The third kappa shape index (κ3) is 2.88. The first-order valence-electron chi connectivity index (χ1n) is 5.71. The SMILES string of the molecule is Cc1cnc(NC(C)c2ccccc2F)c(Br)c1. The van der Waals surface area contributed by atoms with E-state index in [1.54, 1.807) is 18.3 Å². The van der Waals surface area contributed by atoms with Crippen LogP contribution in [0.2, 0.25) is 0 Å². The van der Waals surface area contributed by atoms with Crippen LogP contribution in [0.15, 0.2) is 41.0 Å². The lowest BCUT2D eigenvalue weighted by Crippen LogP contribution is -2.10. The van der Waals surface area contributed by atoms with Gasteiger partial charge in [-0.1, -0.05) is 18.2 Å². The third-order valence-electron chi connectivity index (χ3n) is 2.70. The number of hydrogen-bond acceptors (Lipinski definition) is 2. The topological polar surface area (TPSA) is 24.9 Å². The van der Waals surface area contributed by atoms with E-state index in [4.69, 9.17) is 0 Å². The van der Waals surface area contributed by atoms with E-state index in [2.05, 4.69) is 26.2 Å². The molecule has 0 spiro atoms. The van der Waals surface area contributed by atoms with Gasteiger partial charge in [-0.2, -0.15) is 0 Å². The fourth-order valence-corrected chi connectivity index (χ4v) is 2.33. The van der Waals surface area contributed by atoms with Gasteiger partial charge in [0.05, 0.1) is 10.5 Å². The number of benzene rings is 1. The average Bonchev–Trinajstić information content (AvgIpc) is 2.33. The van der Waals surface area contributed by atoms with Crippen molar-refractivity contribution in [3.8, 4) is 0 Å². The molecular weight excluding hydrogens is 295 g/mol. The molecule has 2 nitrogen and oxygen atoms in total. The van der Waals surface area contributed by atoms with Crippen LogP contribution in [0.25, 0.3) is 0 Å². The van der Waals surface area contributed by atoms with Crippen LogP contribution in [0.1, 0.15) is 24.1 Å². The molecule has 0 amide bonds. The first-order chi connectivity index (χ1) is 8.58. The second-order valence-corrected chi connectivity index (χ2v) is 5.08. The molecule has 0 aliphatic carbocycles. The molecule has 1 aromatic carbocycles. The highest BCUT2D eigenvalue weighted by atomic mass is 79.9. The third-order valence-corrected chi connectivity index (χ3v) is 3.31. The summed E-state index contributed by atoms with van der Waals surface area (Å²) in [5.41, 5.74) is 1.71. The van der Waals surface area contributed by atoms with Crippen LogP contribution in [0.3, 0.4) is 0 Å². The Morgan fingerprint density at radius 1 is 1.33 bits per heavy atom. The van der Waals surface area contributed by atoms with Crippen LogP contribution in [0.5, 0.6) is 0 Å². The van der Waals surface area contributed by atoms with Crippen molar-refractivity contribution < 1.29 is 4.39 Å². The van der Waals surface area contributed by atoms with Crippen LogP contribution in [0.4, 0.5) is 10.2 Å². The summed E-state index contributed by atoms with van der Waals surface area (Å²) in [4.78, 5) is 4.29. The molecule has 18 heavy (non-hydrogen) atoms. The monoisotopic (exact) mass is 308 g/mol. The first kappa shape index (κ1) is 13.0. The number of pyridine rings is 1. The molecule has 2 rings (SSSR count). The zero-order valence-corrected chi connectivity index (χ0v) is 11.8. The number of halogens is 2. The Morgan fingerprint density at radius 3 is 2.72 bits per heavy atom. The molecule has 0 radical (unpaired) electrons. The number of rotatable bonds is 3. The molecule has 0 aliphatic heterocycles. The zero-order valence-electron chi connectivity index (χ0n) is 10.2. The summed E-state index contributed by atoms with van der Waals surface area (Å²) in [6, 6.07) is 8.58. The Hall–Kier alpha value is -1.42. The van der Waals surface area contributed by atoms with Gasteiger partial charge in [-0.25, -0.2) is 9.37 Å². The Labute approximate surface area is 114 Å². The molecule has 1 atom stereocenters. The summed E-state index contributed by atoms with van der Waals surface area (Å²) < 4.78 is 14.5. The van der Waals surface area contributed by atoms with Crippen molar-refractivity contribution in [3.63, 3.8) is 0 Å². The summed E-state index contributed by atoms with van der Waals surface area (Å²) >= 11 is 3.45. The standard InChI is InChI=1S/C14H14BrFN2/c1-9-7-12(15)14(17-8-9)18-10(2)11-5-3-4-6-13(11)16/h3-8,10H,1-2H3,(H,17,18). The largest absolute Gasteiger partial charge is 0.363 e. The molecule has 0 fully saturated rings. The highest BCUT2D eigenvalue weighted by Gasteiger charge is 2.12. The van der Waals surface area contributed by atoms with E-state index in [1.165, 1.54) is 6.07 Å². The van der Waals surface area contributed by atoms with E-state index in [0.29, 0.717) is 5.56 Å². The van der Waals surface area contributed by atoms with Gasteiger partial charge in [-0.05, 0) is 47.5 Å². The normalized spacial score (nSPS) is 12.2. The molecule has 0 saturated carbocycles. The number of nitrogens with one attached hydrogen (secondary N) is 1. The zero-order chi connectivity index (χ0) is 13.1. The molecule has 94 valence electrons. The Morgan fingerprint density at radius 2 is 2.06 bits per heavy atom. The Kier molecular flexibility index (Phi) is 3.97. The van der Waals surface area contributed by atoms with Crippen molar-refractivity contribution in [3.05, 3.63) is 57.9 Å². The molecule has 1 heterocycles. The highest BCUT2D eigenvalue weighted by molar-refractivity contribution is 9.10. The van der Waals surface area contributed by atoms with Crippen LogP contribution < -0.4 is 5.32 Å². The molecular formula is C14H14BrFN2. The van der Waals surface area contributed by atoms with Gasteiger partial charge < -0.3 is 5.32 Å². The summed E-state index contributed by atoms with van der Waals surface area (Å²) in [7, 11) is 0. The first-order valence-corrected chi connectivity index (χ1v) is 6.50. The fourth-order valence-electron chi connectivity index (χ4n) is 1.75. The quantitative estimate of drug-likeness (QED) is 0.905. The van der Waals surface area contributed by atoms with E-state index in [0.717, 1.165) is 15.9 Å². The molecule has 1 aromatic heterocycles. The average molecular weight is 309 g/mol. The van der Waals surface area contributed by atoms with Gasteiger partial charge >= 0.3 is 0 Å². The maximum Gasteiger partial charge on any atom is 0.140 e. The lowest BCUT2D eigenvalue weighted by molar-refractivity contribution is 0.600. The van der Waals surface area contributed by atoms with E-state index < -0.39 is 0 Å². The minimum absolute atomic E-state index is 0.141. The summed E-state index contributed by atoms with van der Waals surface area (Å²) in [5, 5.41) is 3.20. The van der Waals surface area contributed by atoms with E-state index in [-0.39, 0.29) is 11.9 Å². The molecule has 4 heteroatoms. The molecule has 1 N–H and O–H groups in total. The van der Waals surface area contributed by atoms with Gasteiger partial charge in [0.25, 0.3) is 0 Å². The van der Waals surface area contributed by atoms with Gasteiger partial charge in [-0.3, -0.25) is 0 Å². The highest BCUT2D eigenvalue weighted by Crippen LogP contribution is 2.26. The van der Waals surface area contributed by atoms with Crippen LogP contribution in [0, 0.1) is 12.7 Å². The van der Waals surface area contributed by atoms with Crippen LogP contribution >= 0.6 is 15.9 Å². The lowest BCUT2D eigenvalue weighted by Gasteiger charge is -2.16. The van der Waals surface area contributed by atoms with Crippen molar-refractivity contribution >= 4 is 21.7 Å². The fraction of sp³-hybridized carbons (Fsp3) is 0.214. The number of nitrogens with zero attached hydrogens (tertiary/aromatic N) is 1. The minimum Gasteiger partial charge on any atom is -0.363 e.